The number of benzene rings is 2. The van der Waals surface area contributed by atoms with Crippen molar-refractivity contribution in [1.82, 2.24) is 15.0 Å². The van der Waals surface area contributed by atoms with Gasteiger partial charge in [-0.1, -0.05) is 18.2 Å². The van der Waals surface area contributed by atoms with Gasteiger partial charge in [0.15, 0.2) is 0 Å². The molecule has 4 nitrogen and oxygen atoms in total. The van der Waals surface area contributed by atoms with Crippen LogP contribution in [-0.2, 0) is 0 Å². The van der Waals surface area contributed by atoms with Crippen LogP contribution >= 0.6 is 0 Å². The summed E-state index contributed by atoms with van der Waals surface area (Å²) in [6.07, 6.45) is 3.29. The predicted octanol–water partition coefficient (Wildman–Crippen LogP) is 3.97. The van der Waals surface area contributed by atoms with E-state index in [2.05, 4.69) is 15.0 Å². The molecule has 0 N–H and O–H groups in total. The van der Waals surface area contributed by atoms with Gasteiger partial charge < -0.3 is 4.74 Å². The minimum Gasteiger partial charge on any atom is -0.438 e. The normalized spacial score (nSPS) is 10.9. The van der Waals surface area contributed by atoms with Crippen LogP contribution in [-0.4, -0.2) is 15.0 Å². The Kier molecular flexibility index (Phi) is 2.71. The van der Waals surface area contributed by atoms with Gasteiger partial charge >= 0.3 is 0 Å². The molecule has 0 amide bonds. The Bertz CT molecular complexity index is 932. The lowest BCUT2D eigenvalue weighted by Gasteiger charge is -2.07. The van der Waals surface area contributed by atoms with Gasteiger partial charge in [-0.15, -0.1) is 0 Å². The Hall–Kier alpha value is -3.01. The van der Waals surface area contributed by atoms with E-state index in [0.717, 1.165) is 27.6 Å². The molecule has 0 fully saturated rings. The van der Waals surface area contributed by atoms with E-state index < -0.39 is 0 Å². The zero-order chi connectivity index (χ0) is 14.1. The minimum absolute atomic E-state index is 0.559. The third-order valence-electron chi connectivity index (χ3n) is 3.30. The summed E-state index contributed by atoms with van der Waals surface area (Å²) in [4.78, 5) is 12.8. The Balaban J connectivity index is 1.79. The number of nitrogens with zero attached hydrogens (tertiary/aromatic N) is 3. The highest BCUT2D eigenvalue weighted by molar-refractivity contribution is 5.84. The zero-order valence-corrected chi connectivity index (χ0v) is 11.1. The van der Waals surface area contributed by atoms with E-state index >= 15 is 0 Å². The summed E-state index contributed by atoms with van der Waals surface area (Å²) >= 11 is 0. The molecule has 0 atom stereocenters. The van der Waals surface area contributed by atoms with Crippen LogP contribution in [0.4, 0.5) is 0 Å². The molecule has 0 saturated heterocycles. The number of pyridine rings is 1. The van der Waals surface area contributed by atoms with E-state index in [0.29, 0.717) is 5.88 Å². The van der Waals surface area contributed by atoms with Crippen molar-refractivity contribution in [2.45, 2.75) is 0 Å². The molecule has 2 aromatic carbocycles. The molecule has 0 aliphatic carbocycles. The maximum absolute atomic E-state index is 5.92. The highest BCUT2D eigenvalue weighted by Crippen LogP contribution is 2.28. The van der Waals surface area contributed by atoms with Gasteiger partial charge in [-0.05, 0) is 36.4 Å². The Labute approximate surface area is 121 Å². The van der Waals surface area contributed by atoms with E-state index in [4.69, 9.17) is 4.74 Å². The van der Waals surface area contributed by atoms with Gasteiger partial charge in [-0.2, -0.15) is 0 Å². The second-order valence-corrected chi connectivity index (χ2v) is 4.66. The molecule has 4 heteroatoms. The van der Waals surface area contributed by atoms with Crippen molar-refractivity contribution >= 4 is 21.8 Å². The van der Waals surface area contributed by atoms with Crippen LogP contribution in [0, 0.1) is 0 Å². The average molecular weight is 273 g/mol. The number of hydrogen-bond acceptors (Lipinski definition) is 4. The van der Waals surface area contributed by atoms with Crippen LogP contribution in [0.2, 0.25) is 0 Å². The fourth-order valence-electron chi connectivity index (χ4n) is 2.29. The lowest BCUT2D eigenvalue weighted by Crippen LogP contribution is -1.91. The van der Waals surface area contributed by atoms with Gasteiger partial charge in [0.2, 0.25) is 5.88 Å². The summed E-state index contributed by atoms with van der Waals surface area (Å²) in [5.74, 6) is 1.29. The lowest BCUT2D eigenvalue weighted by molar-refractivity contribution is 0.469. The fourth-order valence-corrected chi connectivity index (χ4v) is 2.29. The molecule has 0 bridgehead atoms. The first-order valence-corrected chi connectivity index (χ1v) is 6.62. The van der Waals surface area contributed by atoms with Crippen LogP contribution in [0.25, 0.3) is 21.8 Å². The molecule has 0 aliphatic rings. The van der Waals surface area contributed by atoms with Crippen molar-refractivity contribution in [1.29, 1.82) is 0 Å². The highest BCUT2D eigenvalue weighted by Gasteiger charge is 2.06. The third kappa shape index (κ3) is 2.17. The summed E-state index contributed by atoms with van der Waals surface area (Å²) in [6.45, 7) is 0. The summed E-state index contributed by atoms with van der Waals surface area (Å²) < 4.78 is 5.92. The quantitative estimate of drug-likeness (QED) is 0.554. The van der Waals surface area contributed by atoms with Crippen molar-refractivity contribution in [3.63, 3.8) is 0 Å². The van der Waals surface area contributed by atoms with Gasteiger partial charge in [0.05, 0.1) is 16.4 Å². The first-order valence-electron chi connectivity index (χ1n) is 6.62. The summed E-state index contributed by atoms with van der Waals surface area (Å²) in [5, 5.41) is 1.93. The number of hydrogen-bond donors (Lipinski definition) is 0. The smallest absolute Gasteiger partial charge is 0.230 e. The second-order valence-electron chi connectivity index (χ2n) is 4.66. The second kappa shape index (κ2) is 4.83. The topological polar surface area (TPSA) is 47.9 Å². The number of ether oxygens (including phenoxy) is 1. The number of para-hydroxylation sites is 1. The monoisotopic (exact) mass is 273 g/mol. The van der Waals surface area contributed by atoms with Gasteiger partial charge in [0.1, 0.15) is 12.1 Å². The SMILES string of the molecule is c1cnc2ccc(Oc3ncnc4ccccc34)cc2c1. The van der Waals surface area contributed by atoms with Crippen LogP contribution < -0.4 is 4.74 Å². The van der Waals surface area contributed by atoms with Gasteiger partial charge in [0.25, 0.3) is 0 Å². The molecule has 0 saturated carbocycles. The third-order valence-corrected chi connectivity index (χ3v) is 3.30. The first-order chi connectivity index (χ1) is 10.4. The largest absolute Gasteiger partial charge is 0.438 e. The van der Waals surface area contributed by atoms with Crippen molar-refractivity contribution in [2.24, 2.45) is 0 Å². The molecule has 2 heterocycles. The highest BCUT2D eigenvalue weighted by atomic mass is 16.5. The molecule has 100 valence electrons. The Morgan fingerprint density at radius 1 is 0.762 bits per heavy atom. The van der Waals surface area contributed by atoms with Crippen molar-refractivity contribution < 1.29 is 4.74 Å². The minimum atomic E-state index is 0.559. The molecule has 2 aromatic heterocycles. The molecular weight excluding hydrogens is 262 g/mol. The first kappa shape index (κ1) is 11.8. The van der Waals surface area contributed by atoms with Crippen LogP contribution in [0.5, 0.6) is 11.6 Å². The van der Waals surface area contributed by atoms with E-state index in [9.17, 15) is 0 Å². The Morgan fingerprint density at radius 3 is 2.71 bits per heavy atom. The number of rotatable bonds is 2. The molecule has 0 aliphatic heterocycles. The van der Waals surface area contributed by atoms with Crippen LogP contribution in [0.1, 0.15) is 0 Å². The molecule has 4 rings (SSSR count). The molecular formula is C17H11N3O. The molecule has 0 spiro atoms. The standard InChI is InChI=1S/C17H11N3O/c1-2-6-16-14(5-1)17(20-11-19-16)21-13-7-8-15-12(10-13)4-3-9-18-15/h1-11H. The van der Waals surface area contributed by atoms with Crippen molar-refractivity contribution in [3.05, 3.63) is 67.1 Å². The maximum Gasteiger partial charge on any atom is 0.230 e. The van der Waals surface area contributed by atoms with Gasteiger partial charge in [0, 0.05) is 11.6 Å². The summed E-state index contributed by atoms with van der Waals surface area (Å²) in [5.41, 5.74) is 1.81. The van der Waals surface area contributed by atoms with Crippen LogP contribution in [0.3, 0.4) is 0 Å². The van der Waals surface area contributed by atoms with E-state index in [-0.39, 0.29) is 0 Å². The molecule has 0 radical (unpaired) electrons. The average Bonchev–Trinajstić information content (AvgIpc) is 2.55. The predicted molar refractivity (Wildman–Crippen MR) is 81.4 cm³/mol. The summed E-state index contributed by atoms with van der Waals surface area (Å²) in [7, 11) is 0. The van der Waals surface area contributed by atoms with E-state index in [1.54, 1.807) is 6.20 Å². The zero-order valence-electron chi connectivity index (χ0n) is 11.1. The van der Waals surface area contributed by atoms with Gasteiger partial charge in [-0.3, -0.25) is 4.98 Å². The van der Waals surface area contributed by atoms with Gasteiger partial charge in [-0.25, -0.2) is 9.97 Å². The van der Waals surface area contributed by atoms with Crippen molar-refractivity contribution in [3.8, 4) is 11.6 Å². The van der Waals surface area contributed by atoms with Crippen molar-refractivity contribution in [2.75, 3.05) is 0 Å². The van der Waals surface area contributed by atoms with E-state index in [1.165, 1.54) is 6.33 Å². The molecule has 0 unspecified atom stereocenters. The molecule has 4 aromatic rings. The fraction of sp³-hybridized carbons (Fsp3) is 0. The lowest BCUT2D eigenvalue weighted by atomic mass is 10.2. The number of fused-ring (bicyclic) bond motifs is 2. The maximum atomic E-state index is 5.92. The van der Waals surface area contributed by atoms with E-state index in [1.807, 2.05) is 54.6 Å². The Morgan fingerprint density at radius 2 is 1.71 bits per heavy atom. The number of aromatic nitrogens is 3. The summed E-state index contributed by atoms with van der Waals surface area (Å²) in [6, 6.07) is 17.5. The van der Waals surface area contributed by atoms with Crippen LogP contribution in [0.15, 0.2) is 67.1 Å². The molecule has 21 heavy (non-hydrogen) atoms.